The monoisotopic (exact) mass is 630 g/mol. The fourth-order valence-electron chi connectivity index (χ4n) is 5.44. The van der Waals surface area contributed by atoms with E-state index in [0.29, 0.717) is 17.9 Å². The van der Waals surface area contributed by atoms with E-state index < -0.39 is 39.5 Å². The number of carbonyl (C=O) groups is 2. The van der Waals surface area contributed by atoms with Gasteiger partial charge in [0.25, 0.3) is 0 Å². The summed E-state index contributed by atoms with van der Waals surface area (Å²) in [5.74, 6) is 0.0778. The molecular weight excluding hydrogens is 584 g/mol. The zero-order valence-corrected chi connectivity index (χ0v) is 27.0. The molecule has 2 aromatic rings. The molecule has 12 heteroatoms. The first kappa shape index (κ1) is 33.7. The van der Waals surface area contributed by atoms with Gasteiger partial charge in [-0.2, -0.15) is 4.31 Å². The molecule has 44 heavy (non-hydrogen) atoms. The van der Waals surface area contributed by atoms with Crippen LogP contribution in [0.15, 0.2) is 53.4 Å². The van der Waals surface area contributed by atoms with Crippen molar-refractivity contribution in [1.82, 2.24) is 20.3 Å². The number of aliphatic hydroxyl groups is 1. The number of benzene rings is 2. The molecular formula is C32H46N4O7S. The molecule has 0 aromatic heterocycles. The van der Waals surface area contributed by atoms with Crippen LogP contribution in [0.25, 0.3) is 0 Å². The van der Waals surface area contributed by atoms with Crippen molar-refractivity contribution in [3.63, 3.8) is 0 Å². The Balaban J connectivity index is 1.58. The highest BCUT2D eigenvalue weighted by Gasteiger charge is 2.38. The molecule has 2 amide bonds. The van der Waals surface area contributed by atoms with Crippen LogP contribution in [-0.4, -0.2) is 80.3 Å². The highest BCUT2D eigenvalue weighted by molar-refractivity contribution is 7.89. The van der Waals surface area contributed by atoms with Crippen LogP contribution in [0.5, 0.6) is 11.5 Å². The number of aliphatic hydroxyl groups excluding tert-OH is 1. The number of sulfonamides is 1. The smallest absolute Gasteiger partial charge is 0.243 e. The van der Waals surface area contributed by atoms with Gasteiger partial charge in [0.15, 0.2) is 11.5 Å². The number of carbonyl (C=O) groups excluding carboxylic acids is 2. The third-order valence-corrected chi connectivity index (χ3v) is 9.65. The van der Waals surface area contributed by atoms with Crippen LogP contribution in [-0.2, 0) is 26.0 Å². The van der Waals surface area contributed by atoms with Crippen LogP contribution in [0.3, 0.4) is 0 Å². The number of hydrogen-bond acceptors (Lipinski definition) is 8. The second-order valence-electron chi connectivity index (χ2n) is 13.1. The molecule has 0 bridgehead atoms. The van der Waals surface area contributed by atoms with Crippen LogP contribution >= 0.6 is 0 Å². The van der Waals surface area contributed by atoms with E-state index in [4.69, 9.17) is 9.47 Å². The molecule has 4 atom stereocenters. The number of nitrogens with one attached hydrogen (secondary N) is 3. The van der Waals surface area contributed by atoms with Gasteiger partial charge in [-0.25, -0.2) is 8.42 Å². The molecule has 0 aliphatic carbocycles. The Morgan fingerprint density at radius 3 is 2.39 bits per heavy atom. The van der Waals surface area contributed by atoms with E-state index in [9.17, 15) is 23.1 Å². The fourth-order valence-corrected chi connectivity index (χ4v) is 7.08. The Kier molecular flexibility index (Phi) is 10.9. The third kappa shape index (κ3) is 8.50. The summed E-state index contributed by atoms with van der Waals surface area (Å²) in [6.45, 7) is 10.0. The van der Waals surface area contributed by atoms with Crippen LogP contribution < -0.4 is 25.4 Å². The van der Waals surface area contributed by atoms with Gasteiger partial charge in [0.2, 0.25) is 28.6 Å². The van der Waals surface area contributed by atoms with Crippen molar-refractivity contribution < 1.29 is 32.6 Å². The Hall–Kier alpha value is -3.19. The van der Waals surface area contributed by atoms with E-state index in [1.807, 2.05) is 65.0 Å². The zero-order chi connectivity index (χ0) is 32.1. The lowest BCUT2D eigenvalue weighted by Gasteiger charge is -2.35. The highest BCUT2D eigenvalue weighted by Crippen LogP contribution is 2.35. The topological polar surface area (TPSA) is 146 Å². The average Bonchev–Trinajstić information content (AvgIpc) is 3.67. The van der Waals surface area contributed by atoms with Gasteiger partial charge in [0, 0.05) is 19.2 Å². The average molecular weight is 631 g/mol. The summed E-state index contributed by atoms with van der Waals surface area (Å²) in [7, 11) is -4.05. The van der Waals surface area contributed by atoms with Crippen LogP contribution in [0.2, 0.25) is 0 Å². The molecule has 1 fully saturated rings. The number of nitrogens with zero attached hydrogens (tertiary/aromatic N) is 1. The molecule has 11 nitrogen and oxygen atoms in total. The standard InChI is InChI=1S/C32H46N4O7S/c1-21(2)18-36(44(40,41)23-13-14-27-28(17-23)43-20-42-27)19-26(37)25(16-22-10-7-6-8-11-22)34-31(39)29(32(3,4)5)35-30(38)24-12-9-15-33-24/h6-8,10-11,13-14,17,21,24-26,29,33,37H,9,12,15-16,18-20H2,1-5H3,(H,34,39)(H,35,38)/t24?,25-,26+,29+/m0/s1. The van der Waals surface area contributed by atoms with Crippen LogP contribution in [0.4, 0.5) is 0 Å². The van der Waals surface area contributed by atoms with Gasteiger partial charge in [-0.1, -0.05) is 65.0 Å². The summed E-state index contributed by atoms with van der Waals surface area (Å²) in [4.78, 5) is 26.8. The Bertz CT molecular complexity index is 1390. The predicted molar refractivity (Wildman–Crippen MR) is 167 cm³/mol. The molecule has 0 saturated carbocycles. The van der Waals surface area contributed by atoms with Crippen LogP contribution in [0.1, 0.15) is 53.0 Å². The minimum absolute atomic E-state index is 0.0152. The van der Waals surface area contributed by atoms with Gasteiger partial charge < -0.3 is 30.5 Å². The molecule has 2 aromatic carbocycles. The van der Waals surface area contributed by atoms with Crippen LogP contribution in [0, 0.1) is 11.3 Å². The van der Waals surface area contributed by atoms with Crippen molar-refractivity contribution in [3.8, 4) is 11.5 Å². The molecule has 4 rings (SSSR count). The third-order valence-electron chi connectivity index (χ3n) is 7.82. The van der Waals surface area contributed by atoms with Gasteiger partial charge in [0.05, 0.1) is 23.1 Å². The number of amides is 2. The van der Waals surface area contributed by atoms with Crippen molar-refractivity contribution >= 4 is 21.8 Å². The molecule has 0 spiro atoms. The Morgan fingerprint density at radius 1 is 1.05 bits per heavy atom. The van der Waals surface area contributed by atoms with E-state index in [0.717, 1.165) is 18.5 Å². The summed E-state index contributed by atoms with van der Waals surface area (Å²) >= 11 is 0. The Labute approximate surface area is 260 Å². The largest absolute Gasteiger partial charge is 0.454 e. The van der Waals surface area contributed by atoms with E-state index in [-0.39, 0.29) is 49.1 Å². The predicted octanol–water partition coefficient (Wildman–Crippen LogP) is 2.43. The van der Waals surface area contributed by atoms with Gasteiger partial charge in [0.1, 0.15) is 6.04 Å². The van der Waals surface area contributed by atoms with E-state index in [2.05, 4.69) is 16.0 Å². The molecule has 2 heterocycles. The highest BCUT2D eigenvalue weighted by atomic mass is 32.2. The van der Waals surface area contributed by atoms with Crippen molar-refractivity contribution in [3.05, 3.63) is 54.1 Å². The molecule has 2 aliphatic heterocycles. The Morgan fingerprint density at radius 2 is 1.75 bits per heavy atom. The maximum Gasteiger partial charge on any atom is 0.243 e. The molecule has 1 saturated heterocycles. The zero-order valence-electron chi connectivity index (χ0n) is 26.2. The number of hydrogen-bond donors (Lipinski definition) is 4. The van der Waals surface area contributed by atoms with Crippen molar-refractivity contribution in [2.75, 3.05) is 26.4 Å². The first-order valence-corrected chi connectivity index (χ1v) is 16.7. The summed E-state index contributed by atoms with van der Waals surface area (Å²) in [6, 6.07) is 11.7. The molecule has 0 radical (unpaired) electrons. The molecule has 1 unspecified atom stereocenters. The first-order chi connectivity index (χ1) is 20.8. The van der Waals surface area contributed by atoms with Crippen molar-refractivity contribution in [1.29, 1.82) is 0 Å². The molecule has 2 aliphatic rings. The van der Waals surface area contributed by atoms with Gasteiger partial charge in [-0.05, 0) is 54.8 Å². The van der Waals surface area contributed by atoms with Crippen molar-refractivity contribution in [2.45, 2.75) is 83.0 Å². The van der Waals surface area contributed by atoms with Gasteiger partial charge in [-0.15, -0.1) is 0 Å². The lowest BCUT2D eigenvalue weighted by Crippen LogP contribution is -2.60. The SMILES string of the molecule is CC(C)CN(C[C@@H](O)[C@H](Cc1ccccc1)NC(=O)[C@@H](NC(=O)C1CCCN1)C(C)(C)C)S(=O)(=O)c1ccc2c(c1)OCO2. The lowest BCUT2D eigenvalue weighted by molar-refractivity contribution is -0.133. The fraction of sp³-hybridized carbons (Fsp3) is 0.562. The maximum atomic E-state index is 13.9. The lowest BCUT2D eigenvalue weighted by atomic mass is 9.85. The van der Waals surface area contributed by atoms with E-state index in [1.54, 1.807) is 6.07 Å². The van der Waals surface area contributed by atoms with Crippen molar-refractivity contribution in [2.24, 2.45) is 11.3 Å². The maximum absolute atomic E-state index is 13.9. The summed E-state index contributed by atoms with van der Waals surface area (Å²) in [5.41, 5.74) is 0.227. The summed E-state index contributed by atoms with van der Waals surface area (Å²) in [5, 5.41) is 20.7. The normalized spacial score (nSPS) is 18.7. The minimum Gasteiger partial charge on any atom is -0.454 e. The first-order valence-electron chi connectivity index (χ1n) is 15.2. The van der Waals surface area contributed by atoms with E-state index >= 15 is 0 Å². The quantitative estimate of drug-likeness (QED) is 0.264. The second-order valence-corrected chi connectivity index (χ2v) is 15.0. The molecule has 4 N–H and O–H groups in total. The van der Waals surface area contributed by atoms with Gasteiger partial charge in [-0.3, -0.25) is 9.59 Å². The summed E-state index contributed by atoms with van der Waals surface area (Å²) in [6.07, 6.45) is 0.568. The number of rotatable bonds is 13. The second kappa shape index (κ2) is 14.3. The van der Waals surface area contributed by atoms with E-state index in [1.165, 1.54) is 16.4 Å². The number of fused-ring (bicyclic) bond motifs is 1. The minimum atomic E-state index is -4.05. The molecule has 242 valence electrons. The van der Waals surface area contributed by atoms with Gasteiger partial charge >= 0.3 is 0 Å². The number of ether oxygens (including phenoxy) is 2. The summed E-state index contributed by atoms with van der Waals surface area (Å²) < 4.78 is 39.7.